The molecule has 0 aliphatic heterocycles. The van der Waals surface area contributed by atoms with Crippen LogP contribution in [0.1, 0.15) is 26.2 Å². The maximum atomic E-state index is 9.01. The highest BCUT2D eigenvalue weighted by Gasteiger charge is 2.48. The molecule has 0 amide bonds. The van der Waals surface area contributed by atoms with Crippen molar-refractivity contribution in [3.8, 4) is 0 Å². The summed E-state index contributed by atoms with van der Waals surface area (Å²) in [7, 11) is 1.73. The van der Waals surface area contributed by atoms with Crippen molar-refractivity contribution in [3.05, 3.63) is 0 Å². The van der Waals surface area contributed by atoms with E-state index in [2.05, 4.69) is 6.92 Å². The van der Waals surface area contributed by atoms with Gasteiger partial charge in [-0.3, -0.25) is 0 Å². The molecule has 1 unspecified atom stereocenters. The zero-order valence-corrected chi connectivity index (χ0v) is 6.76. The van der Waals surface area contributed by atoms with Crippen molar-refractivity contribution in [2.45, 2.75) is 32.3 Å². The number of aliphatic hydroxyl groups is 1. The average Bonchev–Trinajstić information content (AvgIpc) is 2.72. The normalized spacial score (nSPS) is 24.3. The van der Waals surface area contributed by atoms with E-state index < -0.39 is 0 Å². The molecule has 1 fully saturated rings. The highest BCUT2D eigenvalue weighted by atomic mass is 16.5. The van der Waals surface area contributed by atoms with Crippen LogP contribution < -0.4 is 0 Å². The van der Waals surface area contributed by atoms with Gasteiger partial charge in [0, 0.05) is 12.5 Å². The molecule has 0 aromatic heterocycles. The molecule has 0 heterocycles. The third kappa shape index (κ3) is 1.18. The lowest BCUT2D eigenvalue weighted by atomic mass is 9.98. The Labute approximate surface area is 62.2 Å². The lowest BCUT2D eigenvalue weighted by Crippen LogP contribution is -2.26. The lowest BCUT2D eigenvalue weighted by molar-refractivity contribution is 0.00997. The van der Waals surface area contributed by atoms with E-state index in [0.717, 1.165) is 19.3 Å². The van der Waals surface area contributed by atoms with Crippen LogP contribution in [0.3, 0.4) is 0 Å². The van der Waals surface area contributed by atoms with E-state index in [1.165, 1.54) is 0 Å². The molecule has 0 saturated heterocycles. The van der Waals surface area contributed by atoms with Gasteiger partial charge in [0.1, 0.15) is 0 Å². The smallest absolute Gasteiger partial charge is 0.0646 e. The number of rotatable bonds is 4. The molecule has 2 heteroatoms. The minimum atomic E-state index is 0.142. The van der Waals surface area contributed by atoms with Crippen LogP contribution in [0.4, 0.5) is 0 Å². The SMILES string of the molecule is CCC(OC)C1(CO)CC1. The minimum Gasteiger partial charge on any atom is -0.396 e. The van der Waals surface area contributed by atoms with E-state index in [-0.39, 0.29) is 11.5 Å². The number of methoxy groups -OCH3 is 1. The van der Waals surface area contributed by atoms with Gasteiger partial charge in [-0.15, -0.1) is 0 Å². The number of ether oxygens (including phenoxy) is 1. The molecule has 0 aromatic carbocycles. The van der Waals surface area contributed by atoms with Crippen LogP contribution >= 0.6 is 0 Å². The summed E-state index contributed by atoms with van der Waals surface area (Å²) in [5.41, 5.74) is 0.142. The summed E-state index contributed by atoms with van der Waals surface area (Å²) in [6.45, 7) is 2.39. The van der Waals surface area contributed by atoms with Crippen LogP contribution in [-0.2, 0) is 4.74 Å². The Bertz CT molecular complexity index is 104. The summed E-state index contributed by atoms with van der Waals surface area (Å²) < 4.78 is 5.26. The van der Waals surface area contributed by atoms with Gasteiger partial charge in [0.05, 0.1) is 12.7 Å². The van der Waals surface area contributed by atoms with E-state index in [4.69, 9.17) is 9.84 Å². The van der Waals surface area contributed by atoms with Crippen LogP contribution in [0, 0.1) is 5.41 Å². The highest BCUT2D eigenvalue weighted by Crippen LogP contribution is 2.50. The summed E-state index contributed by atoms with van der Waals surface area (Å²) in [6, 6.07) is 0. The first-order valence-electron chi connectivity index (χ1n) is 3.92. The first kappa shape index (κ1) is 8.02. The Morgan fingerprint density at radius 3 is 2.30 bits per heavy atom. The van der Waals surface area contributed by atoms with Crippen LogP contribution in [-0.4, -0.2) is 24.9 Å². The topological polar surface area (TPSA) is 29.5 Å². The Morgan fingerprint density at radius 1 is 1.60 bits per heavy atom. The van der Waals surface area contributed by atoms with Gasteiger partial charge in [0.15, 0.2) is 0 Å². The second-order valence-corrected chi connectivity index (χ2v) is 3.15. The second-order valence-electron chi connectivity index (χ2n) is 3.15. The van der Waals surface area contributed by atoms with Gasteiger partial charge in [0.25, 0.3) is 0 Å². The number of aliphatic hydroxyl groups excluding tert-OH is 1. The van der Waals surface area contributed by atoms with Gasteiger partial charge in [-0.1, -0.05) is 6.92 Å². The molecule has 1 atom stereocenters. The summed E-state index contributed by atoms with van der Waals surface area (Å²) >= 11 is 0. The van der Waals surface area contributed by atoms with Crippen molar-refractivity contribution >= 4 is 0 Å². The summed E-state index contributed by atoms with van der Waals surface area (Å²) in [5, 5.41) is 9.01. The third-order valence-electron chi connectivity index (χ3n) is 2.55. The fraction of sp³-hybridized carbons (Fsp3) is 1.00. The van der Waals surface area contributed by atoms with Gasteiger partial charge < -0.3 is 9.84 Å². The van der Waals surface area contributed by atoms with Gasteiger partial charge in [-0.25, -0.2) is 0 Å². The summed E-state index contributed by atoms with van der Waals surface area (Å²) in [4.78, 5) is 0. The Hall–Kier alpha value is -0.0800. The van der Waals surface area contributed by atoms with E-state index >= 15 is 0 Å². The van der Waals surface area contributed by atoms with Crippen molar-refractivity contribution in [2.24, 2.45) is 5.41 Å². The van der Waals surface area contributed by atoms with Crippen LogP contribution in [0.2, 0.25) is 0 Å². The molecule has 0 bridgehead atoms. The quantitative estimate of drug-likeness (QED) is 0.642. The van der Waals surface area contributed by atoms with E-state index in [9.17, 15) is 0 Å². The maximum Gasteiger partial charge on any atom is 0.0646 e. The van der Waals surface area contributed by atoms with Gasteiger partial charge in [-0.05, 0) is 19.3 Å². The Kier molecular flexibility index (Phi) is 2.32. The molecule has 2 nitrogen and oxygen atoms in total. The Morgan fingerprint density at radius 2 is 2.20 bits per heavy atom. The molecule has 10 heavy (non-hydrogen) atoms. The van der Waals surface area contributed by atoms with Crippen molar-refractivity contribution < 1.29 is 9.84 Å². The van der Waals surface area contributed by atoms with Gasteiger partial charge >= 0.3 is 0 Å². The molecular weight excluding hydrogens is 128 g/mol. The Balaban J connectivity index is 2.43. The molecule has 1 rings (SSSR count). The van der Waals surface area contributed by atoms with Gasteiger partial charge in [0.2, 0.25) is 0 Å². The zero-order chi connectivity index (χ0) is 7.61. The molecule has 1 saturated carbocycles. The number of hydrogen-bond acceptors (Lipinski definition) is 2. The first-order chi connectivity index (χ1) is 4.79. The van der Waals surface area contributed by atoms with Gasteiger partial charge in [-0.2, -0.15) is 0 Å². The van der Waals surface area contributed by atoms with Crippen molar-refractivity contribution in [1.82, 2.24) is 0 Å². The van der Waals surface area contributed by atoms with E-state index in [0.29, 0.717) is 6.61 Å². The van der Waals surface area contributed by atoms with Crippen LogP contribution in [0.25, 0.3) is 0 Å². The first-order valence-corrected chi connectivity index (χ1v) is 3.92. The molecule has 1 aliphatic rings. The van der Waals surface area contributed by atoms with Crippen LogP contribution in [0.15, 0.2) is 0 Å². The standard InChI is InChI=1S/C8H16O2/c1-3-7(10-2)8(6-9)4-5-8/h7,9H,3-6H2,1-2H3. The third-order valence-corrected chi connectivity index (χ3v) is 2.55. The molecule has 0 spiro atoms. The van der Waals surface area contributed by atoms with Crippen molar-refractivity contribution in [2.75, 3.05) is 13.7 Å². The van der Waals surface area contributed by atoms with E-state index in [1.54, 1.807) is 7.11 Å². The molecule has 1 N–H and O–H groups in total. The maximum absolute atomic E-state index is 9.01. The molecule has 0 aromatic rings. The fourth-order valence-electron chi connectivity index (χ4n) is 1.59. The monoisotopic (exact) mass is 144 g/mol. The predicted molar refractivity (Wildman–Crippen MR) is 39.8 cm³/mol. The lowest BCUT2D eigenvalue weighted by Gasteiger charge is -2.21. The largest absolute Gasteiger partial charge is 0.396 e. The highest BCUT2D eigenvalue weighted by molar-refractivity contribution is 4.98. The average molecular weight is 144 g/mol. The predicted octanol–water partition coefficient (Wildman–Crippen LogP) is 1.18. The fourth-order valence-corrected chi connectivity index (χ4v) is 1.59. The number of hydrogen-bond donors (Lipinski definition) is 1. The molecule has 60 valence electrons. The summed E-state index contributed by atoms with van der Waals surface area (Å²) in [5.74, 6) is 0. The van der Waals surface area contributed by atoms with Crippen molar-refractivity contribution in [1.29, 1.82) is 0 Å². The van der Waals surface area contributed by atoms with E-state index in [1.807, 2.05) is 0 Å². The second kappa shape index (κ2) is 2.89. The molecule has 1 aliphatic carbocycles. The van der Waals surface area contributed by atoms with Crippen LogP contribution in [0.5, 0.6) is 0 Å². The summed E-state index contributed by atoms with van der Waals surface area (Å²) in [6.07, 6.45) is 3.56. The minimum absolute atomic E-state index is 0.142. The zero-order valence-electron chi connectivity index (χ0n) is 6.76. The molecule has 0 radical (unpaired) electrons. The molecular formula is C8H16O2. The van der Waals surface area contributed by atoms with Crippen molar-refractivity contribution in [3.63, 3.8) is 0 Å².